The third-order valence-corrected chi connectivity index (χ3v) is 3.59. The van der Waals surface area contributed by atoms with Crippen molar-refractivity contribution in [3.8, 4) is 0 Å². The summed E-state index contributed by atoms with van der Waals surface area (Å²) in [6.45, 7) is 1.13. The highest BCUT2D eigenvalue weighted by atomic mass is 35.5. The first kappa shape index (κ1) is 18.7. The highest BCUT2D eigenvalue weighted by molar-refractivity contribution is 6.31. The third kappa shape index (κ3) is 5.83. The van der Waals surface area contributed by atoms with Gasteiger partial charge in [-0.3, -0.25) is 9.59 Å². The molecule has 0 atom stereocenters. The van der Waals surface area contributed by atoms with Crippen LogP contribution in [0.3, 0.4) is 0 Å². The molecular formula is C15H21Cl2N3O2. The van der Waals surface area contributed by atoms with Crippen molar-refractivity contribution < 1.29 is 9.59 Å². The van der Waals surface area contributed by atoms with Crippen molar-refractivity contribution in [3.05, 3.63) is 28.8 Å². The van der Waals surface area contributed by atoms with Crippen molar-refractivity contribution in [2.75, 3.05) is 18.4 Å². The van der Waals surface area contributed by atoms with Gasteiger partial charge in [0.15, 0.2) is 0 Å². The van der Waals surface area contributed by atoms with Crippen molar-refractivity contribution in [2.45, 2.75) is 25.7 Å². The van der Waals surface area contributed by atoms with E-state index in [1.807, 2.05) is 0 Å². The molecule has 5 nitrogen and oxygen atoms in total. The van der Waals surface area contributed by atoms with Crippen LogP contribution in [-0.2, 0) is 4.79 Å². The average Bonchev–Trinajstić information content (AvgIpc) is 3.28. The number of benzene rings is 1. The van der Waals surface area contributed by atoms with Crippen LogP contribution in [0.5, 0.6) is 0 Å². The first-order valence-corrected chi connectivity index (χ1v) is 7.55. The Hall–Kier alpha value is -1.30. The smallest absolute Gasteiger partial charge is 0.253 e. The Morgan fingerprint density at radius 1 is 1.32 bits per heavy atom. The summed E-state index contributed by atoms with van der Waals surface area (Å²) in [5.41, 5.74) is 6.25. The molecule has 1 aliphatic rings. The molecule has 7 heteroatoms. The number of carbonyl (C=O) groups is 2. The number of carbonyl (C=O) groups excluding carboxylic acids is 2. The van der Waals surface area contributed by atoms with E-state index >= 15 is 0 Å². The van der Waals surface area contributed by atoms with Gasteiger partial charge >= 0.3 is 0 Å². The van der Waals surface area contributed by atoms with Gasteiger partial charge < -0.3 is 16.4 Å². The number of hydrogen-bond acceptors (Lipinski definition) is 3. The Kier molecular flexibility index (Phi) is 7.65. The molecule has 1 fully saturated rings. The largest absolute Gasteiger partial charge is 0.352 e. The Labute approximate surface area is 141 Å². The second-order valence-electron chi connectivity index (χ2n) is 5.28. The predicted octanol–water partition coefficient (Wildman–Crippen LogP) is 2.58. The number of nitrogens with one attached hydrogen (secondary N) is 2. The molecule has 1 aromatic carbocycles. The SMILES string of the molecule is Cl.NCCCC(=O)Nc1ccc(Cl)cc1C(=O)NCC1CC1. The lowest BCUT2D eigenvalue weighted by Crippen LogP contribution is -2.27. The number of rotatable bonds is 7. The minimum absolute atomic E-state index is 0. The summed E-state index contributed by atoms with van der Waals surface area (Å²) < 4.78 is 0. The van der Waals surface area contributed by atoms with Gasteiger partial charge in [0, 0.05) is 18.0 Å². The van der Waals surface area contributed by atoms with E-state index in [9.17, 15) is 9.59 Å². The molecule has 0 unspecified atom stereocenters. The molecule has 1 aromatic rings. The van der Waals surface area contributed by atoms with Crippen LogP contribution in [0, 0.1) is 5.92 Å². The van der Waals surface area contributed by atoms with E-state index in [1.165, 1.54) is 12.8 Å². The van der Waals surface area contributed by atoms with Gasteiger partial charge in [-0.05, 0) is 49.9 Å². The summed E-state index contributed by atoms with van der Waals surface area (Å²) in [5.74, 6) is 0.230. The Bertz CT molecular complexity index is 534. The fraction of sp³-hybridized carbons (Fsp3) is 0.467. The van der Waals surface area contributed by atoms with E-state index in [1.54, 1.807) is 18.2 Å². The molecule has 1 saturated carbocycles. The van der Waals surface area contributed by atoms with Crippen LogP contribution in [0.15, 0.2) is 18.2 Å². The lowest BCUT2D eigenvalue weighted by Gasteiger charge is -2.12. The van der Waals surface area contributed by atoms with Crippen LogP contribution in [0.1, 0.15) is 36.0 Å². The molecule has 0 saturated heterocycles. The Morgan fingerprint density at radius 3 is 2.68 bits per heavy atom. The molecule has 0 radical (unpaired) electrons. The maximum absolute atomic E-state index is 12.2. The number of hydrogen-bond donors (Lipinski definition) is 3. The van der Waals surface area contributed by atoms with Gasteiger partial charge in [0.2, 0.25) is 5.91 Å². The van der Waals surface area contributed by atoms with Crippen LogP contribution < -0.4 is 16.4 Å². The lowest BCUT2D eigenvalue weighted by atomic mass is 10.1. The standard InChI is InChI=1S/C15H20ClN3O2.ClH/c16-11-5-6-13(19-14(20)2-1-7-17)12(8-11)15(21)18-9-10-3-4-10;/h5-6,8,10H,1-4,7,9,17H2,(H,18,21)(H,19,20);1H. The molecule has 0 bridgehead atoms. The van der Waals surface area contributed by atoms with Gasteiger partial charge in [0.1, 0.15) is 0 Å². The molecular weight excluding hydrogens is 325 g/mol. The minimum atomic E-state index is -0.210. The van der Waals surface area contributed by atoms with Crippen molar-refractivity contribution in [1.82, 2.24) is 5.32 Å². The highest BCUT2D eigenvalue weighted by Crippen LogP contribution is 2.28. The zero-order valence-electron chi connectivity index (χ0n) is 12.2. The second-order valence-corrected chi connectivity index (χ2v) is 5.72. The summed E-state index contributed by atoms with van der Waals surface area (Å²) in [7, 11) is 0. The minimum Gasteiger partial charge on any atom is -0.352 e. The van der Waals surface area contributed by atoms with Gasteiger partial charge in [0.05, 0.1) is 11.3 Å². The van der Waals surface area contributed by atoms with Crippen LogP contribution in [0.25, 0.3) is 0 Å². The van der Waals surface area contributed by atoms with Gasteiger partial charge in [-0.1, -0.05) is 11.6 Å². The third-order valence-electron chi connectivity index (χ3n) is 3.36. The van der Waals surface area contributed by atoms with Crippen molar-refractivity contribution in [2.24, 2.45) is 11.7 Å². The van der Waals surface area contributed by atoms with E-state index in [0.29, 0.717) is 48.1 Å². The normalized spacial score (nSPS) is 13.2. The fourth-order valence-corrected chi connectivity index (χ4v) is 2.11. The molecule has 0 aliphatic heterocycles. The van der Waals surface area contributed by atoms with Crippen molar-refractivity contribution >= 4 is 41.5 Å². The lowest BCUT2D eigenvalue weighted by molar-refractivity contribution is -0.116. The highest BCUT2D eigenvalue weighted by Gasteiger charge is 2.22. The maximum Gasteiger partial charge on any atom is 0.253 e. The van der Waals surface area contributed by atoms with Gasteiger partial charge in [-0.15, -0.1) is 12.4 Å². The summed E-state index contributed by atoms with van der Waals surface area (Å²) >= 11 is 5.95. The molecule has 1 aliphatic carbocycles. The summed E-state index contributed by atoms with van der Waals surface area (Å²) in [5, 5.41) is 6.08. The van der Waals surface area contributed by atoms with E-state index in [2.05, 4.69) is 10.6 Å². The first-order chi connectivity index (χ1) is 10.1. The molecule has 0 heterocycles. The van der Waals surface area contributed by atoms with Crippen molar-refractivity contribution in [1.29, 1.82) is 0 Å². The maximum atomic E-state index is 12.2. The molecule has 2 amide bonds. The molecule has 22 heavy (non-hydrogen) atoms. The predicted molar refractivity (Wildman–Crippen MR) is 90.7 cm³/mol. The molecule has 122 valence electrons. The van der Waals surface area contributed by atoms with Crippen LogP contribution >= 0.6 is 24.0 Å². The zero-order chi connectivity index (χ0) is 15.2. The van der Waals surface area contributed by atoms with E-state index in [4.69, 9.17) is 17.3 Å². The first-order valence-electron chi connectivity index (χ1n) is 7.18. The van der Waals surface area contributed by atoms with E-state index in [-0.39, 0.29) is 24.2 Å². The Balaban J connectivity index is 0.00000242. The number of anilines is 1. The molecule has 4 N–H and O–H groups in total. The van der Waals surface area contributed by atoms with Crippen molar-refractivity contribution in [3.63, 3.8) is 0 Å². The molecule has 0 spiro atoms. The quantitative estimate of drug-likeness (QED) is 0.709. The number of nitrogens with two attached hydrogens (primary N) is 1. The van der Waals surface area contributed by atoms with Gasteiger partial charge in [0.25, 0.3) is 5.91 Å². The topological polar surface area (TPSA) is 84.2 Å². The van der Waals surface area contributed by atoms with Gasteiger partial charge in [-0.25, -0.2) is 0 Å². The zero-order valence-corrected chi connectivity index (χ0v) is 13.8. The number of halogens is 2. The summed E-state index contributed by atoms with van der Waals surface area (Å²) in [6, 6.07) is 4.87. The Morgan fingerprint density at radius 2 is 2.05 bits per heavy atom. The summed E-state index contributed by atoms with van der Waals surface area (Å²) in [4.78, 5) is 24.0. The van der Waals surface area contributed by atoms with Crippen LogP contribution in [-0.4, -0.2) is 24.9 Å². The van der Waals surface area contributed by atoms with E-state index < -0.39 is 0 Å². The van der Waals surface area contributed by atoms with Crippen LogP contribution in [0.2, 0.25) is 5.02 Å². The summed E-state index contributed by atoms with van der Waals surface area (Å²) in [6.07, 6.45) is 3.28. The van der Waals surface area contributed by atoms with E-state index in [0.717, 1.165) is 0 Å². The van der Waals surface area contributed by atoms with Crippen LogP contribution in [0.4, 0.5) is 5.69 Å². The monoisotopic (exact) mass is 345 g/mol. The fourth-order valence-electron chi connectivity index (χ4n) is 1.94. The molecule has 2 rings (SSSR count). The van der Waals surface area contributed by atoms with Gasteiger partial charge in [-0.2, -0.15) is 0 Å². The average molecular weight is 346 g/mol. The second kappa shape index (κ2) is 8.98. The molecule has 0 aromatic heterocycles. The number of amides is 2.